The molecule has 21 heavy (non-hydrogen) atoms. The first-order valence-electron chi connectivity index (χ1n) is 5.47. The fraction of sp³-hybridized carbons (Fsp3) is 0.200. The Kier molecular flexibility index (Phi) is 4.03. The number of H-pyrrole nitrogens is 1. The summed E-state index contributed by atoms with van der Waals surface area (Å²) in [5, 5.41) is 17.0. The summed E-state index contributed by atoms with van der Waals surface area (Å²) in [6, 6.07) is 2.34. The normalized spacial score (nSPS) is 10.4. The van der Waals surface area contributed by atoms with Gasteiger partial charge in [-0.05, 0) is 17.8 Å². The number of hydrogen-bond donors (Lipinski definition) is 1. The molecule has 0 radical (unpaired) electrons. The Bertz CT molecular complexity index is 767. The topological polar surface area (TPSA) is 133 Å². The van der Waals surface area contributed by atoms with Crippen LogP contribution in [-0.4, -0.2) is 37.8 Å². The van der Waals surface area contributed by atoms with Crippen LogP contribution in [0.15, 0.2) is 27.1 Å². The molecule has 0 unspecified atom stereocenters. The Morgan fingerprint density at radius 2 is 2.24 bits per heavy atom. The van der Waals surface area contributed by atoms with Crippen molar-refractivity contribution in [2.45, 2.75) is 10.2 Å². The second-order valence-corrected chi connectivity index (χ2v) is 4.70. The van der Waals surface area contributed by atoms with E-state index in [9.17, 15) is 19.7 Å². The van der Waals surface area contributed by atoms with Gasteiger partial charge >= 0.3 is 17.3 Å². The molecule has 1 N–H and O–H groups in total. The summed E-state index contributed by atoms with van der Waals surface area (Å²) in [6.07, 6.45) is 0. The number of nitro groups is 1. The minimum atomic E-state index is -0.720. The number of methoxy groups -OCH3 is 1. The third kappa shape index (κ3) is 2.91. The molecule has 0 aromatic carbocycles. The fourth-order valence-corrected chi connectivity index (χ4v) is 2.25. The van der Waals surface area contributed by atoms with E-state index in [4.69, 9.17) is 0 Å². The number of carbonyl (C=O) groups is 1. The number of esters is 1. The molecule has 11 heteroatoms. The van der Waals surface area contributed by atoms with Crippen LogP contribution < -0.4 is 5.69 Å². The van der Waals surface area contributed by atoms with Gasteiger partial charge in [0.1, 0.15) is 5.69 Å². The molecule has 0 atom stereocenters. The number of nitrogens with one attached hydrogen (secondary N) is 1. The summed E-state index contributed by atoms with van der Waals surface area (Å²) in [5.41, 5.74) is -0.849. The zero-order valence-corrected chi connectivity index (χ0v) is 11.7. The summed E-state index contributed by atoms with van der Waals surface area (Å²) in [6.45, 7) is 0. The van der Waals surface area contributed by atoms with Gasteiger partial charge in [-0.2, -0.15) is 0 Å². The maximum absolute atomic E-state index is 11.4. The van der Waals surface area contributed by atoms with Gasteiger partial charge in [0.2, 0.25) is 0 Å². The third-order valence-corrected chi connectivity index (χ3v) is 3.50. The molecule has 0 fully saturated rings. The van der Waals surface area contributed by atoms with Crippen molar-refractivity contribution in [3.63, 3.8) is 0 Å². The van der Waals surface area contributed by atoms with E-state index in [0.29, 0.717) is 0 Å². The summed E-state index contributed by atoms with van der Waals surface area (Å²) >= 11 is 0.792. The number of hydrogen-bond acceptors (Lipinski definition) is 8. The van der Waals surface area contributed by atoms with Gasteiger partial charge in [-0.1, -0.05) is 0 Å². The Morgan fingerprint density at radius 1 is 1.52 bits per heavy atom. The van der Waals surface area contributed by atoms with Crippen molar-refractivity contribution in [2.24, 2.45) is 7.05 Å². The van der Waals surface area contributed by atoms with Gasteiger partial charge in [0.25, 0.3) is 0 Å². The molecule has 2 aromatic heterocycles. The third-order valence-electron chi connectivity index (χ3n) is 2.46. The standard InChI is InChI=1S/C10H9N5O5S/c1-14-9(17)12-13-10(14)21-7-6(15(18)19)4-3-5(11-7)8(16)20-2/h3-4H,1-2H3,(H,12,17). The van der Waals surface area contributed by atoms with Crippen molar-refractivity contribution in [3.05, 3.63) is 38.4 Å². The maximum Gasteiger partial charge on any atom is 0.356 e. The monoisotopic (exact) mass is 311 g/mol. The summed E-state index contributed by atoms with van der Waals surface area (Å²) in [7, 11) is 2.62. The molecule has 0 aliphatic carbocycles. The lowest BCUT2D eigenvalue weighted by Gasteiger charge is -2.03. The summed E-state index contributed by atoms with van der Waals surface area (Å²) in [4.78, 5) is 36.9. The number of ether oxygens (including phenoxy) is 1. The molecule has 110 valence electrons. The second-order valence-electron chi connectivity index (χ2n) is 3.74. The van der Waals surface area contributed by atoms with Crippen molar-refractivity contribution in [2.75, 3.05) is 7.11 Å². The molecule has 0 aliphatic rings. The van der Waals surface area contributed by atoms with E-state index >= 15 is 0 Å². The molecule has 0 bridgehead atoms. The van der Waals surface area contributed by atoms with Gasteiger partial charge in [0.05, 0.1) is 12.0 Å². The van der Waals surface area contributed by atoms with Gasteiger partial charge in [0.15, 0.2) is 10.2 Å². The quantitative estimate of drug-likeness (QED) is 0.485. The van der Waals surface area contributed by atoms with E-state index in [1.807, 2.05) is 0 Å². The van der Waals surface area contributed by atoms with Gasteiger partial charge in [0, 0.05) is 13.1 Å². The average Bonchev–Trinajstić information content (AvgIpc) is 2.78. The zero-order chi connectivity index (χ0) is 15.6. The molecule has 0 saturated carbocycles. The number of pyridine rings is 1. The van der Waals surface area contributed by atoms with Crippen LogP contribution >= 0.6 is 11.8 Å². The highest BCUT2D eigenvalue weighted by molar-refractivity contribution is 7.99. The summed E-state index contributed by atoms with van der Waals surface area (Å²) in [5.74, 6) is -0.720. The van der Waals surface area contributed by atoms with Crippen LogP contribution in [-0.2, 0) is 11.8 Å². The Hall–Kier alpha value is -2.69. The Balaban J connectivity index is 2.48. The van der Waals surface area contributed by atoms with E-state index in [2.05, 4.69) is 19.9 Å². The number of aromatic nitrogens is 4. The molecular formula is C10H9N5O5S. The highest BCUT2D eigenvalue weighted by Crippen LogP contribution is 2.31. The first kappa shape index (κ1) is 14.7. The fourth-order valence-electron chi connectivity index (χ4n) is 1.38. The van der Waals surface area contributed by atoms with Crippen molar-refractivity contribution in [3.8, 4) is 0 Å². The molecule has 0 amide bonds. The van der Waals surface area contributed by atoms with Crippen molar-refractivity contribution in [1.29, 1.82) is 0 Å². The van der Waals surface area contributed by atoms with Gasteiger partial charge in [-0.3, -0.25) is 14.7 Å². The van der Waals surface area contributed by atoms with Crippen molar-refractivity contribution >= 4 is 23.4 Å². The molecule has 0 spiro atoms. The lowest BCUT2D eigenvalue weighted by atomic mass is 10.3. The van der Waals surface area contributed by atoms with Crippen molar-refractivity contribution in [1.82, 2.24) is 19.7 Å². The molecular weight excluding hydrogens is 302 g/mol. The summed E-state index contributed by atoms with van der Waals surface area (Å²) < 4.78 is 5.68. The van der Waals surface area contributed by atoms with E-state index in [1.165, 1.54) is 24.8 Å². The highest BCUT2D eigenvalue weighted by atomic mass is 32.2. The van der Waals surface area contributed by atoms with E-state index in [0.717, 1.165) is 17.8 Å². The molecule has 2 heterocycles. The van der Waals surface area contributed by atoms with Crippen LogP contribution in [0.2, 0.25) is 0 Å². The van der Waals surface area contributed by atoms with Crippen LogP contribution in [0.5, 0.6) is 0 Å². The first-order valence-corrected chi connectivity index (χ1v) is 6.28. The lowest BCUT2D eigenvalue weighted by molar-refractivity contribution is -0.388. The molecule has 2 rings (SSSR count). The minimum Gasteiger partial charge on any atom is -0.464 e. The molecule has 2 aromatic rings. The lowest BCUT2D eigenvalue weighted by Crippen LogP contribution is -2.13. The smallest absolute Gasteiger partial charge is 0.356 e. The number of aromatic amines is 1. The van der Waals surface area contributed by atoms with Crippen LogP contribution in [0.3, 0.4) is 0 Å². The Labute approximate surface area is 121 Å². The SMILES string of the molecule is COC(=O)c1ccc([N+](=O)[O-])c(Sc2n[nH]c(=O)n2C)n1. The van der Waals surface area contributed by atoms with Gasteiger partial charge < -0.3 is 4.74 Å². The second kappa shape index (κ2) is 5.75. The van der Waals surface area contributed by atoms with Crippen molar-refractivity contribution < 1.29 is 14.5 Å². The number of carbonyl (C=O) groups excluding carboxylic acids is 1. The first-order chi connectivity index (χ1) is 9.93. The van der Waals surface area contributed by atoms with Crippen LogP contribution in [0.1, 0.15) is 10.5 Å². The van der Waals surface area contributed by atoms with E-state index in [1.54, 1.807) is 0 Å². The number of nitrogens with zero attached hydrogens (tertiary/aromatic N) is 4. The largest absolute Gasteiger partial charge is 0.464 e. The van der Waals surface area contributed by atoms with E-state index < -0.39 is 16.6 Å². The predicted molar refractivity (Wildman–Crippen MR) is 70.2 cm³/mol. The minimum absolute atomic E-state index is 0.0648. The van der Waals surface area contributed by atoms with Crippen LogP contribution in [0.25, 0.3) is 0 Å². The maximum atomic E-state index is 11.4. The number of rotatable bonds is 4. The molecule has 10 nitrogen and oxygen atoms in total. The Morgan fingerprint density at radius 3 is 2.76 bits per heavy atom. The van der Waals surface area contributed by atoms with Crippen LogP contribution in [0.4, 0.5) is 5.69 Å². The van der Waals surface area contributed by atoms with Gasteiger partial charge in [-0.15, -0.1) is 5.10 Å². The molecule has 0 saturated heterocycles. The molecule has 0 aliphatic heterocycles. The zero-order valence-electron chi connectivity index (χ0n) is 10.9. The predicted octanol–water partition coefficient (Wildman–Crippen LogP) is 0.349. The highest BCUT2D eigenvalue weighted by Gasteiger charge is 2.22. The van der Waals surface area contributed by atoms with Crippen LogP contribution in [0, 0.1) is 10.1 Å². The average molecular weight is 311 g/mol. The van der Waals surface area contributed by atoms with E-state index in [-0.39, 0.29) is 21.6 Å². The van der Waals surface area contributed by atoms with Gasteiger partial charge in [-0.25, -0.2) is 19.7 Å².